The van der Waals surface area contributed by atoms with Gasteiger partial charge in [0.2, 0.25) is 0 Å². The quantitative estimate of drug-likeness (QED) is 0.659. The zero-order valence-electron chi connectivity index (χ0n) is 16.5. The van der Waals surface area contributed by atoms with E-state index in [4.69, 9.17) is 0 Å². The summed E-state index contributed by atoms with van der Waals surface area (Å²) in [5.41, 5.74) is 3.06. The highest BCUT2D eigenvalue weighted by atomic mass is 16.3. The minimum Gasteiger partial charge on any atom is -0.385 e. The van der Waals surface area contributed by atoms with Crippen LogP contribution in [0.5, 0.6) is 0 Å². The van der Waals surface area contributed by atoms with Crippen molar-refractivity contribution < 1.29 is 15.0 Å². The molecule has 4 nitrogen and oxygen atoms in total. The van der Waals surface area contributed by atoms with Crippen LogP contribution in [0.3, 0.4) is 0 Å². The van der Waals surface area contributed by atoms with Gasteiger partial charge in [-0.05, 0) is 61.3 Å². The van der Waals surface area contributed by atoms with E-state index in [-0.39, 0.29) is 22.5 Å². The number of ketones is 1. The molecule has 0 spiro atoms. The van der Waals surface area contributed by atoms with Gasteiger partial charge in [-0.3, -0.25) is 4.79 Å². The number of carbonyl (C=O) groups excluding carboxylic acids is 1. The second-order valence-corrected chi connectivity index (χ2v) is 9.95. The van der Waals surface area contributed by atoms with Crippen LogP contribution in [0.4, 0.5) is 0 Å². The second-order valence-electron chi connectivity index (χ2n) is 9.95. The van der Waals surface area contributed by atoms with Crippen molar-refractivity contribution in [1.82, 2.24) is 4.98 Å². The molecule has 6 atom stereocenters. The molecule has 146 valence electrons. The largest absolute Gasteiger partial charge is 0.385 e. The molecule has 0 radical (unpaired) electrons. The summed E-state index contributed by atoms with van der Waals surface area (Å²) in [4.78, 5) is 16.0. The standard InChI is InChI=1S/C24H27NO3/c1-22-9-8-15-17(12-19(26)20(15)27)24(22,28)10-7-13-11-16-14-5-3-4-6-18(14)25-21(16)23(13,22)2/h3-6,12-13,15,20,25,27-28H,7-11H2,1-2H3. The molecule has 1 aromatic carbocycles. The van der Waals surface area contributed by atoms with E-state index in [9.17, 15) is 15.0 Å². The molecule has 0 amide bonds. The zero-order valence-corrected chi connectivity index (χ0v) is 16.5. The van der Waals surface area contributed by atoms with Gasteiger partial charge in [0.25, 0.3) is 0 Å². The molecule has 4 aliphatic rings. The molecule has 4 aliphatic carbocycles. The molecule has 0 aliphatic heterocycles. The molecule has 3 N–H and O–H groups in total. The van der Waals surface area contributed by atoms with Crippen LogP contribution < -0.4 is 0 Å². The van der Waals surface area contributed by atoms with Gasteiger partial charge < -0.3 is 15.2 Å². The van der Waals surface area contributed by atoms with E-state index in [0.29, 0.717) is 12.3 Å². The molecule has 0 bridgehead atoms. The molecule has 28 heavy (non-hydrogen) atoms. The van der Waals surface area contributed by atoms with E-state index < -0.39 is 11.7 Å². The summed E-state index contributed by atoms with van der Waals surface area (Å²) in [6, 6.07) is 8.49. The molecule has 6 unspecified atom stereocenters. The van der Waals surface area contributed by atoms with Gasteiger partial charge in [-0.25, -0.2) is 0 Å². The summed E-state index contributed by atoms with van der Waals surface area (Å²) in [6.07, 6.45) is 4.83. The monoisotopic (exact) mass is 377 g/mol. The molecule has 2 saturated carbocycles. The summed E-state index contributed by atoms with van der Waals surface area (Å²) < 4.78 is 0. The number of H-pyrrole nitrogens is 1. The number of para-hydroxylation sites is 1. The topological polar surface area (TPSA) is 73.3 Å². The SMILES string of the molecule is CC12c3[nH]c4ccccc4c3CC1CCC1(O)C3=CC(=O)C(O)C3CCC12C. The molecule has 1 heterocycles. The number of hydrogen-bond donors (Lipinski definition) is 3. The van der Waals surface area contributed by atoms with Crippen LogP contribution in [0.15, 0.2) is 35.9 Å². The van der Waals surface area contributed by atoms with Gasteiger partial charge in [-0.15, -0.1) is 0 Å². The lowest BCUT2D eigenvalue weighted by Gasteiger charge is -2.64. The molecule has 0 saturated heterocycles. The highest BCUT2D eigenvalue weighted by Gasteiger charge is 2.70. The average Bonchev–Trinajstić information content (AvgIpc) is 3.28. The zero-order chi connectivity index (χ0) is 19.5. The van der Waals surface area contributed by atoms with Gasteiger partial charge in [0, 0.05) is 33.3 Å². The van der Waals surface area contributed by atoms with Gasteiger partial charge in [0.05, 0.1) is 5.60 Å². The molecular formula is C24H27NO3. The maximum Gasteiger partial charge on any atom is 0.184 e. The Bertz CT molecular complexity index is 1070. The maximum atomic E-state index is 12.2. The van der Waals surface area contributed by atoms with Gasteiger partial charge in [0.15, 0.2) is 5.78 Å². The lowest BCUT2D eigenvalue weighted by Crippen LogP contribution is -2.66. The van der Waals surface area contributed by atoms with Crippen LogP contribution in [-0.2, 0) is 16.6 Å². The molecule has 2 fully saturated rings. The van der Waals surface area contributed by atoms with E-state index in [1.807, 2.05) is 0 Å². The number of aromatic amines is 1. The minimum atomic E-state index is -1.03. The molecule has 6 rings (SSSR count). The number of aromatic nitrogens is 1. The third-order valence-electron chi connectivity index (χ3n) is 9.32. The smallest absolute Gasteiger partial charge is 0.184 e. The number of benzene rings is 1. The number of rotatable bonds is 0. The van der Waals surface area contributed by atoms with Crippen LogP contribution in [0.25, 0.3) is 10.9 Å². The van der Waals surface area contributed by atoms with Crippen molar-refractivity contribution in [3.8, 4) is 0 Å². The number of carbonyl (C=O) groups is 1. The Kier molecular flexibility index (Phi) is 3.02. The Morgan fingerprint density at radius 3 is 2.75 bits per heavy atom. The summed E-state index contributed by atoms with van der Waals surface area (Å²) in [5, 5.41) is 23.8. The van der Waals surface area contributed by atoms with Crippen molar-refractivity contribution in [2.45, 2.75) is 63.1 Å². The maximum absolute atomic E-state index is 12.2. The number of fused-ring (bicyclic) bond motifs is 9. The fourth-order valence-corrected chi connectivity index (χ4v) is 7.54. The van der Waals surface area contributed by atoms with Crippen molar-refractivity contribution in [3.63, 3.8) is 0 Å². The second kappa shape index (κ2) is 4.98. The van der Waals surface area contributed by atoms with Crippen LogP contribution >= 0.6 is 0 Å². The normalized spacial score (nSPS) is 44.1. The van der Waals surface area contributed by atoms with Crippen molar-refractivity contribution in [2.75, 3.05) is 0 Å². The Balaban J connectivity index is 1.57. The van der Waals surface area contributed by atoms with Crippen molar-refractivity contribution in [2.24, 2.45) is 17.3 Å². The lowest BCUT2D eigenvalue weighted by molar-refractivity contribution is -0.165. The summed E-state index contributed by atoms with van der Waals surface area (Å²) in [6.45, 7) is 4.56. The summed E-state index contributed by atoms with van der Waals surface area (Å²) in [7, 11) is 0. The first-order chi connectivity index (χ1) is 13.3. The Labute approximate surface area is 164 Å². The predicted octanol–water partition coefficient (Wildman–Crippen LogP) is 3.41. The Morgan fingerprint density at radius 2 is 1.93 bits per heavy atom. The third kappa shape index (κ3) is 1.62. The fraction of sp³-hybridized carbons (Fsp3) is 0.542. The Morgan fingerprint density at radius 1 is 1.14 bits per heavy atom. The number of aliphatic hydroxyl groups is 2. The van der Waals surface area contributed by atoms with E-state index in [1.165, 1.54) is 22.2 Å². The highest BCUT2D eigenvalue weighted by Crippen LogP contribution is 2.70. The molecule has 4 heteroatoms. The fourth-order valence-electron chi connectivity index (χ4n) is 7.54. The van der Waals surface area contributed by atoms with E-state index >= 15 is 0 Å². The van der Waals surface area contributed by atoms with E-state index in [0.717, 1.165) is 31.3 Å². The first-order valence-electron chi connectivity index (χ1n) is 10.6. The van der Waals surface area contributed by atoms with E-state index in [1.54, 1.807) is 6.08 Å². The highest BCUT2D eigenvalue weighted by molar-refractivity contribution is 5.98. The average molecular weight is 377 g/mol. The third-order valence-corrected chi connectivity index (χ3v) is 9.32. The van der Waals surface area contributed by atoms with Crippen LogP contribution in [0.2, 0.25) is 0 Å². The van der Waals surface area contributed by atoms with Gasteiger partial charge >= 0.3 is 0 Å². The van der Waals surface area contributed by atoms with Crippen LogP contribution in [0.1, 0.15) is 50.8 Å². The Hall–Kier alpha value is -1.91. The molecule has 2 aromatic rings. The first-order valence-corrected chi connectivity index (χ1v) is 10.6. The number of aliphatic hydroxyl groups excluding tert-OH is 1. The lowest BCUT2D eigenvalue weighted by atomic mass is 9.42. The first kappa shape index (κ1) is 17.0. The van der Waals surface area contributed by atoms with Gasteiger partial charge in [0.1, 0.15) is 6.10 Å². The molecular weight excluding hydrogens is 350 g/mol. The van der Waals surface area contributed by atoms with E-state index in [2.05, 4.69) is 43.1 Å². The number of nitrogens with one attached hydrogen (secondary N) is 1. The van der Waals surface area contributed by atoms with Gasteiger partial charge in [-0.2, -0.15) is 0 Å². The van der Waals surface area contributed by atoms with Gasteiger partial charge in [-0.1, -0.05) is 32.0 Å². The van der Waals surface area contributed by atoms with Crippen LogP contribution in [-0.4, -0.2) is 32.7 Å². The predicted molar refractivity (Wildman–Crippen MR) is 107 cm³/mol. The number of hydrogen-bond acceptors (Lipinski definition) is 3. The molecule has 1 aromatic heterocycles. The van der Waals surface area contributed by atoms with Crippen LogP contribution in [0, 0.1) is 17.3 Å². The van der Waals surface area contributed by atoms with Crippen molar-refractivity contribution >= 4 is 16.7 Å². The van der Waals surface area contributed by atoms with Crippen molar-refractivity contribution in [3.05, 3.63) is 47.2 Å². The minimum absolute atomic E-state index is 0.184. The van der Waals surface area contributed by atoms with Crippen molar-refractivity contribution in [1.29, 1.82) is 0 Å². The summed E-state index contributed by atoms with van der Waals surface area (Å²) in [5.74, 6) is 0.0415. The summed E-state index contributed by atoms with van der Waals surface area (Å²) >= 11 is 0.